The Morgan fingerprint density at radius 3 is 2.58 bits per heavy atom. The molecule has 0 bridgehead atoms. The van der Waals surface area contributed by atoms with Gasteiger partial charge in [-0.05, 0) is 19.1 Å². The molecule has 0 N–H and O–H groups in total. The van der Waals surface area contributed by atoms with Crippen molar-refractivity contribution in [3.05, 3.63) is 29.6 Å². The van der Waals surface area contributed by atoms with Crippen molar-refractivity contribution < 1.29 is 32.2 Å². The largest absolute Gasteiger partial charge is 0.466 e. The molecule has 1 aromatic carbocycles. The van der Waals surface area contributed by atoms with E-state index in [-0.39, 0.29) is 6.61 Å². The number of Topliss-reactive ketones (excluding diaryl/α,β-unsaturated/α-hetero) is 1. The van der Waals surface area contributed by atoms with Crippen LogP contribution in [0.2, 0.25) is 0 Å². The summed E-state index contributed by atoms with van der Waals surface area (Å²) in [6.45, 7) is -1.60. The molecule has 0 aliphatic carbocycles. The van der Waals surface area contributed by atoms with Crippen LogP contribution in [0.1, 0.15) is 23.7 Å². The third-order valence-electron chi connectivity index (χ3n) is 2.08. The zero-order valence-corrected chi connectivity index (χ0v) is 9.99. The van der Waals surface area contributed by atoms with E-state index in [1.54, 1.807) is 0 Å². The fraction of sp³-hybridized carbons (Fsp3) is 0.333. The fourth-order valence-corrected chi connectivity index (χ4v) is 1.40. The molecule has 0 saturated heterocycles. The van der Waals surface area contributed by atoms with E-state index >= 15 is 0 Å². The molecule has 0 aromatic heterocycles. The first kappa shape index (κ1) is 15.0. The summed E-state index contributed by atoms with van der Waals surface area (Å²) in [6, 6.07) is 3.05. The number of benzene rings is 1. The van der Waals surface area contributed by atoms with Gasteiger partial charge in [0.05, 0.1) is 12.2 Å². The second-order valence-corrected chi connectivity index (χ2v) is 3.40. The Morgan fingerprint density at radius 2 is 2.00 bits per heavy atom. The van der Waals surface area contributed by atoms with Crippen LogP contribution in [0.25, 0.3) is 0 Å². The van der Waals surface area contributed by atoms with Crippen molar-refractivity contribution >= 4 is 11.8 Å². The quantitative estimate of drug-likeness (QED) is 0.455. The minimum absolute atomic E-state index is 0.0593. The summed E-state index contributed by atoms with van der Waals surface area (Å²) in [7, 11) is 0. The maximum absolute atomic E-state index is 13.5. The van der Waals surface area contributed by atoms with Crippen molar-refractivity contribution in [2.45, 2.75) is 20.0 Å². The molecule has 0 aliphatic rings. The Balaban J connectivity index is 2.97. The summed E-state index contributed by atoms with van der Waals surface area (Å²) >= 11 is 0. The van der Waals surface area contributed by atoms with Crippen molar-refractivity contribution in [1.82, 2.24) is 0 Å². The highest BCUT2D eigenvalue weighted by molar-refractivity contribution is 6.07. The second kappa shape index (κ2) is 6.77. The monoisotopic (exact) mass is 276 g/mol. The first-order chi connectivity index (χ1) is 8.95. The normalized spacial score (nSPS) is 10.4. The zero-order valence-electron chi connectivity index (χ0n) is 9.99. The van der Waals surface area contributed by atoms with Crippen molar-refractivity contribution in [3.8, 4) is 5.75 Å². The number of alkyl halides is 2. The van der Waals surface area contributed by atoms with Crippen LogP contribution >= 0.6 is 0 Å². The Hall–Kier alpha value is -2.05. The number of hydrogen-bond acceptors (Lipinski definition) is 4. The van der Waals surface area contributed by atoms with Crippen LogP contribution in [-0.2, 0) is 9.53 Å². The molecule has 0 atom stereocenters. The maximum Gasteiger partial charge on any atom is 0.387 e. The van der Waals surface area contributed by atoms with Crippen LogP contribution < -0.4 is 4.74 Å². The molecule has 1 aromatic rings. The average Bonchev–Trinajstić information content (AvgIpc) is 2.27. The van der Waals surface area contributed by atoms with E-state index in [9.17, 15) is 22.8 Å². The highest BCUT2D eigenvalue weighted by atomic mass is 19.3. The van der Waals surface area contributed by atoms with Gasteiger partial charge in [-0.3, -0.25) is 9.59 Å². The first-order valence-electron chi connectivity index (χ1n) is 5.37. The summed E-state index contributed by atoms with van der Waals surface area (Å²) in [5.74, 6) is -3.48. The number of hydrogen-bond donors (Lipinski definition) is 0. The summed E-state index contributed by atoms with van der Waals surface area (Å²) in [5.41, 5.74) is -0.684. The van der Waals surface area contributed by atoms with Crippen LogP contribution in [0.4, 0.5) is 13.2 Å². The van der Waals surface area contributed by atoms with Gasteiger partial charge in [-0.25, -0.2) is 4.39 Å². The number of carbonyl (C=O) groups is 2. The lowest BCUT2D eigenvalue weighted by Gasteiger charge is -2.10. The topological polar surface area (TPSA) is 52.6 Å². The van der Waals surface area contributed by atoms with Crippen LogP contribution in [-0.4, -0.2) is 25.0 Å². The predicted molar refractivity (Wildman–Crippen MR) is 58.6 cm³/mol. The van der Waals surface area contributed by atoms with Crippen molar-refractivity contribution in [2.24, 2.45) is 0 Å². The molecule has 0 heterocycles. The van der Waals surface area contributed by atoms with E-state index in [1.165, 1.54) is 6.92 Å². The van der Waals surface area contributed by atoms with Crippen molar-refractivity contribution in [1.29, 1.82) is 0 Å². The van der Waals surface area contributed by atoms with Crippen LogP contribution in [0, 0.1) is 5.82 Å². The molecule has 0 radical (unpaired) electrons. The highest BCUT2D eigenvalue weighted by Crippen LogP contribution is 2.24. The third kappa shape index (κ3) is 4.27. The Morgan fingerprint density at radius 1 is 1.32 bits per heavy atom. The van der Waals surface area contributed by atoms with E-state index in [0.717, 1.165) is 18.2 Å². The fourth-order valence-electron chi connectivity index (χ4n) is 1.40. The molecule has 0 saturated carbocycles. The number of halogens is 3. The summed E-state index contributed by atoms with van der Waals surface area (Å²) in [4.78, 5) is 22.8. The molecule has 19 heavy (non-hydrogen) atoms. The molecule has 7 heteroatoms. The molecule has 0 unspecified atom stereocenters. The number of ketones is 1. The first-order valence-corrected chi connectivity index (χ1v) is 5.37. The second-order valence-electron chi connectivity index (χ2n) is 3.40. The van der Waals surface area contributed by atoms with Gasteiger partial charge in [-0.2, -0.15) is 8.78 Å². The molecule has 1 rings (SSSR count). The molecular weight excluding hydrogens is 265 g/mol. The number of ether oxygens (including phenoxy) is 2. The highest BCUT2D eigenvalue weighted by Gasteiger charge is 2.22. The van der Waals surface area contributed by atoms with Crippen LogP contribution in [0.15, 0.2) is 18.2 Å². The summed E-state index contributed by atoms with van der Waals surface area (Å²) in [6.07, 6.45) is -0.742. The van der Waals surface area contributed by atoms with Crippen LogP contribution in [0.5, 0.6) is 5.75 Å². The van der Waals surface area contributed by atoms with Gasteiger partial charge in [0, 0.05) is 0 Å². The molecule has 0 amide bonds. The zero-order chi connectivity index (χ0) is 14.4. The lowest BCUT2D eigenvalue weighted by atomic mass is 10.1. The average molecular weight is 276 g/mol. The number of rotatable bonds is 6. The maximum atomic E-state index is 13.5. The minimum Gasteiger partial charge on any atom is -0.466 e. The Bertz CT molecular complexity index is 474. The summed E-state index contributed by atoms with van der Waals surface area (Å²) < 4.78 is 46.3. The van der Waals surface area contributed by atoms with Gasteiger partial charge in [0.15, 0.2) is 5.78 Å². The third-order valence-corrected chi connectivity index (χ3v) is 2.08. The lowest BCUT2D eigenvalue weighted by molar-refractivity contribution is -0.141. The molecule has 104 valence electrons. The smallest absolute Gasteiger partial charge is 0.387 e. The van der Waals surface area contributed by atoms with Gasteiger partial charge < -0.3 is 9.47 Å². The Labute approximate surface area is 107 Å². The van der Waals surface area contributed by atoms with Gasteiger partial charge >= 0.3 is 12.6 Å². The minimum atomic E-state index is -3.20. The van der Waals surface area contributed by atoms with E-state index in [1.807, 2.05) is 0 Å². The van der Waals surface area contributed by atoms with Gasteiger partial charge in [0.1, 0.15) is 18.0 Å². The van der Waals surface area contributed by atoms with Gasteiger partial charge in [0.25, 0.3) is 0 Å². The van der Waals surface area contributed by atoms with E-state index < -0.39 is 41.9 Å². The van der Waals surface area contributed by atoms with E-state index in [0.29, 0.717) is 0 Å². The lowest BCUT2D eigenvalue weighted by Crippen LogP contribution is -2.15. The number of esters is 1. The predicted octanol–water partition coefficient (Wildman–Crippen LogP) is 2.56. The SMILES string of the molecule is CCOC(=O)CC(=O)c1c(F)cccc1OC(F)F. The number of carbonyl (C=O) groups excluding carboxylic acids is 2. The summed E-state index contributed by atoms with van der Waals surface area (Å²) in [5, 5.41) is 0. The van der Waals surface area contributed by atoms with Crippen LogP contribution in [0.3, 0.4) is 0 Å². The standard InChI is InChI=1S/C12H11F3O4/c1-2-18-10(17)6-8(16)11-7(13)4-3-5-9(11)19-12(14)15/h3-5,12H,2,6H2,1H3. The van der Waals surface area contributed by atoms with Gasteiger partial charge in [-0.1, -0.05) is 6.07 Å². The molecule has 4 nitrogen and oxygen atoms in total. The molecule has 0 aliphatic heterocycles. The van der Waals surface area contributed by atoms with Crippen molar-refractivity contribution in [3.63, 3.8) is 0 Å². The van der Waals surface area contributed by atoms with Gasteiger partial charge in [-0.15, -0.1) is 0 Å². The van der Waals surface area contributed by atoms with E-state index in [4.69, 9.17) is 0 Å². The van der Waals surface area contributed by atoms with Gasteiger partial charge in [0.2, 0.25) is 0 Å². The Kier molecular flexibility index (Phi) is 5.35. The molecule has 0 fully saturated rings. The van der Waals surface area contributed by atoms with E-state index in [2.05, 4.69) is 9.47 Å². The molecule has 0 spiro atoms. The van der Waals surface area contributed by atoms with Crippen molar-refractivity contribution in [2.75, 3.05) is 6.61 Å². The molecular formula is C12H11F3O4.